The molecule has 0 unspecified atom stereocenters. The zero-order valence-electron chi connectivity index (χ0n) is 14.9. The third-order valence-corrected chi connectivity index (χ3v) is 3.03. The molecule has 0 aliphatic heterocycles. The fraction of sp³-hybridized carbons (Fsp3) is 0.304. The van der Waals surface area contributed by atoms with Crippen LogP contribution in [0.5, 0.6) is 0 Å². The lowest BCUT2D eigenvalue weighted by Crippen LogP contribution is -1.80. The van der Waals surface area contributed by atoms with E-state index in [4.69, 9.17) is 0 Å². The fourth-order valence-electron chi connectivity index (χ4n) is 1.99. The first-order valence-electron chi connectivity index (χ1n) is 8.24. The summed E-state index contributed by atoms with van der Waals surface area (Å²) in [6.07, 6.45) is 0. The molecule has 0 spiro atoms. The quantitative estimate of drug-likeness (QED) is 0.397. The molecule has 0 N–H and O–H groups in total. The average Bonchev–Trinajstić information content (AvgIpc) is 2.64. The predicted molar refractivity (Wildman–Crippen MR) is 109 cm³/mol. The Labute approximate surface area is 144 Å². The molecule has 0 heterocycles. The maximum absolute atomic E-state index is 2.18. The first kappa shape index (κ1) is 23.2. The van der Waals surface area contributed by atoms with Gasteiger partial charge in [-0.3, -0.25) is 0 Å². The van der Waals surface area contributed by atoms with Gasteiger partial charge in [0.1, 0.15) is 0 Å². The summed E-state index contributed by atoms with van der Waals surface area (Å²) in [5.41, 5.74) is 2.72. The molecular formula is C23H34. The first-order valence-corrected chi connectivity index (χ1v) is 8.24. The molecule has 0 bridgehead atoms. The van der Waals surface area contributed by atoms with E-state index in [1.54, 1.807) is 0 Å². The van der Waals surface area contributed by atoms with E-state index in [1.807, 2.05) is 64.1 Å². The van der Waals surface area contributed by atoms with Crippen molar-refractivity contribution in [3.63, 3.8) is 0 Å². The number of hydrogen-bond acceptors (Lipinski definition) is 0. The largest absolute Gasteiger partial charge is 0.0776 e. The summed E-state index contributed by atoms with van der Waals surface area (Å²) in [6.45, 7) is 12.3. The molecule has 0 nitrogen and oxygen atoms in total. The Morgan fingerprint density at radius 1 is 0.435 bits per heavy atom. The third-order valence-electron chi connectivity index (χ3n) is 3.03. The molecule has 0 radical (unpaired) electrons. The number of rotatable bonds is 0. The Balaban J connectivity index is 0. The van der Waals surface area contributed by atoms with Crippen molar-refractivity contribution in [1.29, 1.82) is 0 Å². The van der Waals surface area contributed by atoms with E-state index in [0.717, 1.165) is 0 Å². The zero-order chi connectivity index (χ0) is 16.8. The van der Waals surface area contributed by atoms with Crippen molar-refractivity contribution in [3.05, 3.63) is 83.9 Å². The minimum absolute atomic E-state index is 0. The van der Waals surface area contributed by atoms with Gasteiger partial charge in [0.2, 0.25) is 0 Å². The van der Waals surface area contributed by atoms with Crippen LogP contribution in [0.15, 0.2) is 72.8 Å². The van der Waals surface area contributed by atoms with Gasteiger partial charge in [-0.2, -0.15) is 0 Å². The average molecular weight is 311 g/mol. The van der Waals surface area contributed by atoms with Crippen molar-refractivity contribution in [2.45, 2.75) is 49.0 Å². The lowest BCUT2D eigenvalue weighted by Gasteiger charge is -2.03. The van der Waals surface area contributed by atoms with Crippen LogP contribution in [-0.4, -0.2) is 0 Å². The van der Waals surface area contributed by atoms with Crippen LogP contribution < -0.4 is 0 Å². The van der Waals surface area contributed by atoms with E-state index in [0.29, 0.717) is 0 Å². The fourth-order valence-corrected chi connectivity index (χ4v) is 1.99. The van der Waals surface area contributed by atoms with E-state index < -0.39 is 0 Å². The molecular weight excluding hydrogens is 276 g/mol. The molecule has 0 aliphatic carbocycles. The van der Waals surface area contributed by atoms with E-state index in [1.165, 1.54) is 21.9 Å². The van der Waals surface area contributed by atoms with Crippen LogP contribution in [-0.2, 0) is 0 Å². The van der Waals surface area contributed by atoms with Gasteiger partial charge in [-0.25, -0.2) is 0 Å². The highest BCUT2D eigenvalue weighted by atomic mass is 14.0. The minimum Gasteiger partial charge on any atom is -0.0776 e. The SMILES string of the molecule is C.CC.CC.Cc1ccc(C)c2ccccc12.c1ccccc1. The van der Waals surface area contributed by atoms with Gasteiger partial charge >= 0.3 is 0 Å². The van der Waals surface area contributed by atoms with Gasteiger partial charge in [0.25, 0.3) is 0 Å². The van der Waals surface area contributed by atoms with Crippen molar-refractivity contribution in [2.24, 2.45) is 0 Å². The zero-order valence-corrected chi connectivity index (χ0v) is 14.9. The Morgan fingerprint density at radius 3 is 0.957 bits per heavy atom. The molecule has 3 rings (SSSR count). The maximum atomic E-state index is 2.18. The number of benzene rings is 3. The summed E-state index contributed by atoms with van der Waals surface area (Å²) >= 11 is 0. The van der Waals surface area contributed by atoms with Crippen molar-refractivity contribution in [2.75, 3.05) is 0 Å². The Kier molecular flexibility index (Phi) is 15.0. The molecule has 0 heteroatoms. The summed E-state index contributed by atoms with van der Waals surface area (Å²) < 4.78 is 0. The Bertz CT molecular complexity index is 542. The Morgan fingerprint density at radius 2 is 0.696 bits per heavy atom. The molecule has 0 saturated heterocycles. The van der Waals surface area contributed by atoms with Crippen molar-refractivity contribution < 1.29 is 0 Å². The highest BCUT2D eigenvalue weighted by Crippen LogP contribution is 2.20. The Hall–Kier alpha value is -2.08. The van der Waals surface area contributed by atoms with Gasteiger partial charge in [-0.05, 0) is 35.7 Å². The minimum atomic E-state index is 0. The van der Waals surface area contributed by atoms with E-state index >= 15 is 0 Å². The number of fused-ring (bicyclic) bond motifs is 1. The molecule has 3 aromatic rings. The van der Waals surface area contributed by atoms with Crippen LogP contribution in [0.2, 0.25) is 0 Å². The lowest BCUT2D eigenvalue weighted by atomic mass is 10.0. The number of hydrogen-bond donors (Lipinski definition) is 0. The van der Waals surface area contributed by atoms with Gasteiger partial charge in [0, 0.05) is 0 Å². The molecule has 0 saturated carbocycles. The molecule has 0 atom stereocenters. The predicted octanol–water partition coefficient (Wildman–Crippen LogP) is 7.83. The monoisotopic (exact) mass is 310 g/mol. The van der Waals surface area contributed by atoms with Gasteiger partial charge in [-0.1, -0.05) is 108 Å². The molecule has 0 aromatic heterocycles. The maximum Gasteiger partial charge on any atom is -0.0152 e. The second kappa shape index (κ2) is 14.8. The second-order valence-corrected chi connectivity index (χ2v) is 4.40. The second-order valence-electron chi connectivity index (χ2n) is 4.40. The highest BCUT2D eigenvalue weighted by molar-refractivity contribution is 5.88. The van der Waals surface area contributed by atoms with Crippen molar-refractivity contribution in [1.82, 2.24) is 0 Å². The molecule has 0 fully saturated rings. The molecule has 3 aromatic carbocycles. The van der Waals surface area contributed by atoms with Crippen LogP contribution >= 0.6 is 0 Å². The van der Waals surface area contributed by atoms with Crippen molar-refractivity contribution in [3.8, 4) is 0 Å². The van der Waals surface area contributed by atoms with Gasteiger partial charge in [-0.15, -0.1) is 0 Å². The van der Waals surface area contributed by atoms with Crippen LogP contribution in [0.3, 0.4) is 0 Å². The smallest absolute Gasteiger partial charge is 0.0152 e. The van der Waals surface area contributed by atoms with Crippen LogP contribution in [0.25, 0.3) is 10.8 Å². The van der Waals surface area contributed by atoms with E-state index in [2.05, 4.69) is 50.2 Å². The summed E-state index contributed by atoms with van der Waals surface area (Å²) in [5.74, 6) is 0. The summed E-state index contributed by atoms with van der Waals surface area (Å²) in [5, 5.41) is 2.75. The first-order chi connectivity index (χ1) is 10.8. The summed E-state index contributed by atoms with van der Waals surface area (Å²) in [7, 11) is 0. The normalized spacial score (nSPS) is 8.09. The highest BCUT2D eigenvalue weighted by Gasteiger charge is 1.97. The van der Waals surface area contributed by atoms with Crippen LogP contribution in [0, 0.1) is 13.8 Å². The van der Waals surface area contributed by atoms with Gasteiger partial charge in [0.15, 0.2) is 0 Å². The lowest BCUT2D eigenvalue weighted by molar-refractivity contribution is 1.46. The molecule has 126 valence electrons. The van der Waals surface area contributed by atoms with E-state index in [-0.39, 0.29) is 7.43 Å². The van der Waals surface area contributed by atoms with Crippen LogP contribution in [0.4, 0.5) is 0 Å². The van der Waals surface area contributed by atoms with Gasteiger partial charge < -0.3 is 0 Å². The van der Waals surface area contributed by atoms with Gasteiger partial charge in [0.05, 0.1) is 0 Å². The molecule has 0 aliphatic rings. The molecule has 0 amide bonds. The molecule has 23 heavy (non-hydrogen) atoms. The number of aryl methyl sites for hydroxylation is 2. The summed E-state index contributed by atoms with van der Waals surface area (Å²) in [6, 6.07) is 24.9. The standard InChI is InChI=1S/C12H12.C6H6.2C2H6.CH4/c1-9-7-8-10(2)12-6-4-3-5-11(9)12;1-2-4-6-5-3-1;2*1-2;/h3-8H,1-2H3;1-6H;2*1-2H3;1H4. The van der Waals surface area contributed by atoms with Crippen LogP contribution in [0.1, 0.15) is 46.2 Å². The third kappa shape index (κ3) is 8.21. The summed E-state index contributed by atoms with van der Waals surface area (Å²) in [4.78, 5) is 0. The van der Waals surface area contributed by atoms with E-state index in [9.17, 15) is 0 Å². The topological polar surface area (TPSA) is 0 Å². The van der Waals surface area contributed by atoms with Crippen molar-refractivity contribution >= 4 is 10.8 Å².